The van der Waals surface area contributed by atoms with Gasteiger partial charge in [0.25, 0.3) is 5.91 Å². The summed E-state index contributed by atoms with van der Waals surface area (Å²) in [5.74, 6) is -0.368. The van der Waals surface area contributed by atoms with E-state index in [4.69, 9.17) is 0 Å². The topological polar surface area (TPSA) is 79.4 Å². The van der Waals surface area contributed by atoms with Crippen LogP contribution in [0.3, 0.4) is 0 Å². The first kappa shape index (κ1) is 18.5. The molecule has 0 aliphatic carbocycles. The second-order valence-corrected chi connectivity index (χ2v) is 8.37. The molecule has 26 heavy (non-hydrogen) atoms. The predicted octanol–water partition coefficient (Wildman–Crippen LogP) is 3.21. The minimum Gasteiger partial charge on any atom is -0.321 e. The lowest BCUT2D eigenvalue weighted by molar-refractivity contribution is 0.102. The van der Waals surface area contributed by atoms with Crippen molar-refractivity contribution >= 4 is 21.6 Å². The number of amides is 1. The number of carbonyl (C=O) groups excluding carboxylic acids is 1. The average molecular weight is 373 g/mol. The second kappa shape index (κ2) is 7.97. The zero-order valence-electron chi connectivity index (χ0n) is 14.8. The number of rotatable bonds is 4. The molecule has 138 valence electrons. The maximum Gasteiger partial charge on any atom is 0.274 e. The number of anilines is 1. The third-order valence-electron chi connectivity index (χ3n) is 4.53. The van der Waals surface area contributed by atoms with E-state index < -0.39 is 10.0 Å². The minimum atomic E-state index is -3.57. The molecule has 0 atom stereocenters. The summed E-state index contributed by atoms with van der Waals surface area (Å²) in [7, 11) is -3.57. The molecule has 1 aliphatic rings. The maximum atomic E-state index is 13.1. The van der Waals surface area contributed by atoms with Crippen molar-refractivity contribution in [2.24, 2.45) is 0 Å². The van der Waals surface area contributed by atoms with Gasteiger partial charge >= 0.3 is 0 Å². The van der Waals surface area contributed by atoms with Crippen molar-refractivity contribution in [2.45, 2.75) is 37.5 Å². The average Bonchev–Trinajstić information content (AvgIpc) is 2.94. The zero-order valence-corrected chi connectivity index (χ0v) is 15.6. The SMILES string of the molecule is Cc1ccc(NC(=O)c2ccccn2)cc1S(=O)(=O)N1CCCCCC1. The summed E-state index contributed by atoms with van der Waals surface area (Å²) in [6, 6.07) is 10.0. The summed E-state index contributed by atoms with van der Waals surface area (Å²) >= 11 is 0. The molecule has 0 spiro atoms. The summed E-state index contributed by atoms with van der Waals surface area (Å²) in [5, 5.41) is 2.73. The normalized spacial score (nSPS) is 16.0. The van der Waals surface area contributed by atoms with Crippen LogP contribution in [-0.2, 0) is 10.0 Å². The summed E-state index contributed by atoms with van der Waals surface area (Å²) in [5.41, 5.74) is 1.40. The van der Waals surface area contributed by atoms with Crippen LogP contribution in [0.15, 0.2) is 47.5 Å². The lowest BCUT2D eigenvalue weighted by Gasteiger charge is -2.21. The van der Waals surface area contributed by atoms with Gasteiger partial charge in [0.2, 0.25) is 10.0 Å². The quantitative estimate of drug-likeness (QED) is 0.892. The molecule has 0 bridgehead atoms. The van der Waals surface area contributed by atoms with Crippen molar-refractivity contribution in [1.29, 1.82) is 0 Å². The van der Waals surface area contributed by atoms with Crippen LogP contribution in [0.25, 0.3) is 0 Å². The number of aryl methyl sites for hydroxylation is 1. The highest BCUT2D eigenvalue weighted by Crippen LogP contribution is 2.26. The van der Waals surface area contributed by atoms with Gasteiger partial charge in [0.15, 0.2) is 0 Å². The summed E-state index contributed by atoms with van der Waals surface area (Å²) in [4.78, 5) is 16.5. The minimum absolute atomic E-state index is 0.248. The van der Waals surface area contributed by atoms with Gasteiger partial charge in [-0.1, -0.05) is 25.0 Å². The third kappa shape index (κ3) is 4.11. The molecule has 7 heteroatoms. The van der Waals surface area contributed by atoms with Gasteiger partial charge in [0.1, 0.15) is 5.69 Å². The van der Waals surface area contributed by atoms with E-state index in [9.17, 15) is 13.2 Å². The molecule has 0 radical (unpaired) electrons. The Morgan fingerprint density at radius 1 is 1.08 bits per heavy atom. The molecular weight excluding hydrogens is 350 g/mol. The highest BCUT2D eigenvalue weighted by molar-refractivity contribution is 7.89. The Bertz CT molecular complexity index is 874. The lowest BCUT2D eigenvalue weighted by atomic mass is 10.2. The van der Waals surface area contributed by atoms with Crippen LogP contribution in [0.2, 0.25) is 0 Å². The van der Waals surface area contributed by atoms with Crippen molar-refractivity contribution in [3.05, 3.63) is 53.9 Å². The Hall–Kier alpha value is -2.25. The van der Waals surface area contributed by atoms with E-state index in [1.807, 2.05) is 0 Å². The van der Waals surface area contributed by atoms with Crippen LogP contribution >= 0.6 is 0 Å². The Morgan fingerprint density at radius 3 is 2.46 bits per heavy atom. The summed E-state index contributed by atoms with van der Waals surface area (Å²) in [6.07, 6.45) is 5.43. The number of sulfonamides is 1. The standard InChI is InChI=1S/C19H23N3O3S/c1-15-9-10-16(21-19(23)17-8-4-5-11-20-17)14-18(15)26(24,25)22-12-6-2-3-7-13-22/h4-5,8-11,14H,2-3,6-7,12-13H2,1H3,(H,21,23). The molecular formula is C19H23N3O3S. The molecule has 2 heterocycles. The van der Waals surface area contributed by atoms with Crippen LogP contribution in [-0.4, -0.2) is 36.7 Å². The maximum absolute atomic E-state index is 13.1. The summed E-state index contributed by atoms with van der Waals surface area (Å²) < 4.78 is 27.7. The van der Waals surface area contributed by atoms with Crippen LogP contribution in [0.1, 0.15) is 41.7 Å². The van der Waals surface area contributed by atoms with E-state index >= 15 is 0 Å². The Morgan fingerprint density at radius 2 is 1.81 bits per heavy atom. The molecule has 1 aromatic heterocycles. The van der Waals surface area contributed by atoms with Crippen molar-refractivity contribution < 1.29 is 13.2 Å². The molecule has 1 saturated heterocycles. The van der Waals surface area contributed by atoms with Crippen LogP contribution in [0.5, 0.6) is 0 Å². The van der Waals surface area contributed by atoms with Crippen LogP contribution < -0.4 is 5.32 Å². The fourth-order valence-electron chi connectivity index (χ4n) is 3.07. The van der Waals surface area contributed by atoms with Gasteiger partial charge in [0, 0.05) is 25.0 Å². The fraction of sp³-hybridized carbons (Fsp3) is 0.368. The van der Waals surface area contributed by atoms with Crippen molar-refractivity contribution in [3.63, 3.8) is 0 Å². The van der Waals surface area contributed by atoms with Crippen molar-refractivity contribution in [1.82, 2.24) is 9.29 Å². The first-order valence-corrected chi connectivity index (χ1v) is 10.3. The first-order valence-electron chi connectivity index (χ1n) is 8.82. The number of nitrogens with one attached hydrogen (secondary N) is 1. The van der Waals surface area contributed by atoms with E-state index in [0.717, 1.165) is 25.7 Å². The lowest BCUT2D eigenvalue weighted by Crippen LogP contribution is -2.32. The molecule has 1 fully saturated rings. The molecule has 3 rings (SSSR count). The number of hydrogen-bond acceptors (Lipinski definition) is 4. The second-order valence-electron chi connectivity index (χ2n) is 6.47. The van der Waals surface area contributed by atoms with Gasteiger partial charge in [-0.15, -0.1) is 0 Å². The number of benzene rings is 1. The third-order valence-corrected chi connectivity index (χ3v) is 6.57. The molecule has 1 aliphatic heterocycles. The van der Waals surface area contributed by atoms with Gasteiger partial charge in [-0.05, 0) is 49.6 Å². The number of hydrogen-bond donors (Lipinski definition) is 1. The van der Waals surface area contributed by atoms with E-state index in [1.165, 1.54) is 6.07 Å². The molecule has 1 aromatic carbocycles. The van der Waals surface area contributed by atoms with E-state index in [-0.39, 0.29) is 16.5 Å². The van der Waals surface area contributed by atoms with Gasteiger partial charge < -0.3 is 5.32 Å². The fourth-order valence-corrected chi connectivity index (χ4v) is 4.84. The van der Waals surface area contributed by atoms with Crippen LogP contribution in [0.4, 0.5) is 5.69 Å². The summed E-state index contributed by atoms with van der Waals surface area (Å²) in [6.45, 7) is 2.87. The highest BCUT2D eigenvalue weighted by Gasteiger charge is 2.27. The van der Waals surface area contributed by atoms with Crippen molar-refractivity contribution in [3.8, 4) is 0 Å². The highest BCUT2D eigenvalue weighted by atomic mass is 32.2. The Kier molecular flexibility index (Phi) is 5.68. The number of carbonyl (C=O) groups is 1. The monoisotopic (exact) mass is 373 g/mol. The molecule has 1 amide bonds. The molecule has 1 N–H and O–H groups in total. The molecule has 6 nitrogen and oxygen atoms in total. The van der Waals surface area contributed by atoms with Gasteiger partial charge in [-0.25, -0.2) is 8.42 Å². The first-order chi connectivity index (χ1) is 12.5. The van der Waals surface area contributed by atoms with E-state index in [2.05, 4.69) is 10.3 Å². The predicted molar refractivity (Wildman–Crippen MR) is 101 cm³/mol. The van der Waals surface area contributed by atoms with E-state index in [1.54, 1.807) is 47.8 Å². The van der Waals surface area contributed by atoms with Crippen LogP contribution in [0, 0.1) is 6.92 Å². The Balaban J connectivity index is 1.86. The number of nitrogens with zero attached hydrogens (tertiary/aromatic N) is 2. The molecule has 0 saturated carbocycles. The zero-order chi connectivity index (χ0) is 18.6. The largest absolute Gasteiger partial charge is 0.321 e. The smallest absolute Gasteiger partial charge is 0.274 e. The molecule has 0 unspecified atom stereocenters. The Labute approximate surface area is 154 Å². The van der Waals surface area contributed by atoms with Crippen molar-refractivity contribution in [2.75, 3.05) is 18.4 Å². The van der Waals surface area contributed by atoms with Gasteiger partial charge in [-0.3, -0.25) is 9.78 Å². The van der Waals surface area contributed by atoms with Gasteiger partial charge in [0.05, 0.1) is 4.90 Å². The number of aromatic nitrogens is 1. The molecule has 2 aromatic rings. The van der Waals surface area contributed by atoms with E-state index in [0.29, 0.717) is 24.3 Å². The number of pyridine rings is 1. The van der Waals surface area contributed by atoms with Gasteiger partial charge in [-0.2, -0.15) is 4.31 Å².